The standard InChI is InChI=1S/C19H18O4/c20-16-10-11-17(19(23,12-16)18(21)22)15-8-6-14(7-9-15)13-4-2-1-3-5-13/h1-9,17,23H,10-12H2,(H,21,22). The summed E-state index contributed by atoms with van der Waals surface area (Å²) in [6.07, 6.45) is 0.334. The molecule has 1 aliphatic rings. The second kappa shape index (κ2) is 5.97. The van der Waals surface area contributed by atoms with Crippen molar-refractivity contribution >= 4 is 11.8 Å². The molecule has 0 amide bonds. The summed E-state index contributed by atoms with van der Waals surface area (Å²) in [6.45, 7) is 0. The van der Waals surface area contributed by atoms with Crippen LogP contribution in [0.15, 0.2) is 54.6 Å². The van der Waals surface area contributed by atoms with Crippen LogP contribution in [0.4, 0.5) is 0 Å². The van der Waals surface area contributed by atoms with E-state index in [9.17, 15) is 19.8 Å². The Labute approximate surface area is 134 Å². The van der Waals surface area contributed by atoms with Crippen molar-refractivity contribution in [1.82, 2.24) is 0 Å². The second-order valence-corrected chi connectivity index (χ2v) is 6.02. The van der Waals surface area contributed by atoms with Gasteiger partial charge in [0.2, 0.25) is 0 Å². The van der Waals surface area contributed by atoms with Crippen molar-refractivity contribution in [3.05, 3.63) is 60.2 Å². The van der Waals surface area contributed by atoms with Gasteiger partial charge in [-0.05, 0) is 23.1 Å². The quantitative estimate of drug-likeness (QED) is 0.914. The average molecular weight is 310 g/mol. The number of aliphatic hydroxyl groups is 1. The summed E-state index contributed by atoms with van der Waals surface area (Å²) in [6, 6.07) is 17.4. The van der Waals surface area contributed by atoms with Gasteiger partial charge in [-0.15, -0.1) is 0 Å². The number of hydrogen-bond acceptors (Lipinski definition) is 3. The number of carboxylic acids is 1. The minimum Gasteiger partial charge on any atom is -0.479 e. The minimum absolute atomic E-state index is 0.202. The van der Waals surface area contributed by atoms with Gasteiger partial charge in [-0.2, -0.15) is 0 Å². The molecular formula is C19H18O4. The van der Waals surface area contributed by atoms with Gasteiger partial charge in [0, 0.05) is 18.8 Å². The molecule has 2 atom stereocenters. The van der Waals surface area contributed by atoms with Crippen LogP contribution in [0.5, 0.6) is 0 Å². The highest BCUT2D eigenvalue weighted by molar-refractivity contribution is 5.90. The Morgan fingerprint density at radius 1 is 1.00 bits per heavy atom. The third-order valence-electron chi connectivity index (χ3n) is 4.55. The molecule has 0 bridgehead atoms. The number of hydrogen-bond donors (Lipinski definition) is 2. The Hall–Kier alpha value is -2.46. The van der Waals surface area contributed by atoms with Crippen LogP contribution >= 0.6 is 0 Å². The number of rotatable bonds is 3. The Morgan fingerprint density at radius 3 is 2.22 bits per heavy atom. The summed E-state index contributed by atoms with van der Waals surface area (Å²) in [5.74, 6) is -2.10. The predicted octanol–water partition coefficient (Wildman–Crippen LogP) is 3.01. The first-order valence-electron chi connectivity index (χ1n) is 7.63. The second-order valence-electron chi connectivity index (χ2n) is 6.02. The molecule has 2 aromatic rings. The van der Waals surface area contributed by atoms with E-state index in [1.165, 1.54) is 0 Å². The number of carbonyl (C=O) groups is 2. The Balaban J connectivity index is 1.92. The van der Waals surface area contributed by atoms with Gasteiger partial charge in [0.05, 0.1) is 0 Å². The van der Waals surface area contributed by atoms with Crippen molar-refractivity contribution in [3.8, 4) is 11.1 Å². The molecule has 4 nitrogen and oxygen atoms in total. The van der Waals surface area contributed by atoms with E-state index < -0.39 is 17.5 Å². The highest BCUT2D eigenvalue weighted by Gasteiger charge is 2.49. The molecule has 2 unspecified atom stereocenters. The minimum atomic E-state index is -2.01. The summed E-state index contributed by atoms with van der Waals surface area (Å²) >= 11 is 0. The highest BCUT2D eigenvalue weighted by Crippen LogP contribution is 2.40. The Morgan fingerprint density at radius 2 is 1.61 bits per heavy atom. The fourth-order valence-corrected chi connectivity index (χ4v) is 3.26. The van der Waals surface area contributed by atoms with Crippen LogP contribution < -0.4 is 0 Å². The highest BCUT2D eigenvalue weighted by atomic mass is 16.4. The van der Waals surface area contributed by atoms with Gasteiger partial charge in [0.25, 0.3) is 0 Å². The number of Topliss-reactive ketones (excluding diaryl/α,β-unsaturated/α-hetero) is 1. The van der Waals surface area contributed by atoms with Crippen LogP contribution in [0.25, 0.3) is 11.1 Å². The van der Waals surface area contributed by atoms with Crippen molar-refractivity contribution in [2.75, 3.05) is 0 Å². The smallest absolute Gasteiger partial charge is 0.336 e. The van der Waals surface area contributed by atoms with Gasteiger partial charge >= 0.3 is 5.97 Å². The molecule has 0 aliphatic heterocycles. The van der Waals surface area contributed by atoms with E-state index in [-0.39, 0.29) is 12.2 Å². The molecule has 1 fully saturated rings. The van der Waals surface area contributed by atoms with Crippen LogP contribution in [-0.2, 0) is 9.59 Å². The third-order valence-corrected chi connectivity index (χ3v) is 4.55. The Kier molecular flexibility index (Phi) is 4.01. The average Bonchev–Trinajstić information content (AvgIpc) is 2.56. The third kappa shape index (κ3) is 2.90. The van der Waals surface area contributed by atoms with E-state index in [0.717, 1.165) is 16.7 Å². The lowest BCUT2D eigenvalue weighted by atomic mass is 9.71. The van der Waals surface area contributed by atoms with Gasteiger partial charge in [0.1, 0.15) is 5.78 Å². The summed E-state index contributed by atoms with van der Waals surface area (Å²) < 4.78 is 0. The first-order chi connectivity index (χ1) is 11.0. The largest absolute Gasteiger partial charge is 0.479 e. The van der Waals surface area contributed by atoms with E-state index in [4.69, 9.17) is 0 Å². The van der Waals surface area contributed by atoms with Crippen LogP contribution in [0, 0.1) is 0 Å². The van der Waals surface area contributed by atoms with Crippen molar-refractivity contribution < 1.29 is 19.8 Å². The lowest BCUT2D eigenvalue weighted by Crippen LogP contribution is -2.49. The summed E-state index contributed by atoms with van der Waals surface area (Å²) in [4.78, 5) is 23.1. The summed E-state index contributed by atoms with van der Waals surface area (Å²) in [7, 11) is 0. The van der Waals surface area contributed by atoms with Gasteiger partial charge in [-0.1, -0.05) is 54.6 Å². The zero-order valence-electron chi connectivity index (χ0n) is 12.6. The van der Waals surface area contributed by atoms with Gasteiger partial charge in [0.15, 0.2) is 5.60 Å². The van der Waals surface area contributed by atoms with E-state index in [2.05, 4.69) is 0 Å². The molecule has 118 valence electrons. The number of aliphatic carboxylic acids is 1. The van der Waals surface area contributed by atoms with Gasteiger partial charge in [-0.25, -0.2) is 4.79 Å². The van der Waals surface area contributed by atoms with E-state index in [0.29, 0.717) is 12.8 Å². The predicted molar refractivity (Wildman–Crippen MR) is 86.1 cm³/mol. The van der Waals surface area contributed by atoms with E-state index in [1.54, 1.807) is 0 Å². The first-order valence-corrected chi connectivity index (χ1v) is 7.63. The van der Waals surface area contributed by atoms with Gasteiger partial charge in [-0.3, -0.25) is 4.79 Å². The maximum Gasteiger partial charge on any atom is 0.336 e. The Bertz CT molecular complexity index is 721. The fourth-order valence-electron chi connectivity index (χ4n) is 3.26. The summed E-state index contributed by atoms with van der Waals surface area (Å²) in [5.41, 5.74) is 0.845. The van der Waals surface area contributed by atoms with E-state index >= 15 is 0 Å². The fraction of sp³-hybridized carbons (Fsp3) is 0.263. The van der Waals surface area contributed by atoms with Crippen molar-refractivity contribution in [1.29, 1.82) is 0 Å². The molecule has 1 aliphatic carbocycles. The molecule has 0 saturated heterocycles. The van der Waals surface area contributed by atoms with Crippen molar-refractivity contribution in [2.45, 2.75) is 30.8 Å². The first kappa shape index (κ1) is 15.4. The lowest BCUT2D eigenvalue weighted by Gasteiger charge is -2.36. The number of carbonyl (C=O) groups excluding carboxylic acids is 1. The van der Waals surface area contributed by atoms with Crippen LogP contribution in [0.1, 0.15) is 30.7 Å². The SMILES string of the molecule is O=C1CCC(c2ccc(-c3ccccc3)cc2)C(O)(C(=O)O)C1. The molecule has 0 heterocycles. The molecule has 23 heavy (non-hydrogen) atoms. The molecule has 1 saturated carbocycles. The molecule has 3 rings (SSSR count). The monoisotopic (exact) mass is 310 g/mol. The van der Waals surface area contributed by atoms with Gasteiger partial charge < -0.3 is 10.2 Å². The molecule has 4 heteroatoms. The van der Waals surface area contributed by atoms with Crippen LogP contribution in [0.2, 0.25) is 0 Å². The maximum atomic E-state index is 11.6. The maximum absolute atomic E-state index is 11.6. The summed E-state index contributed by atoms with van der Waals surface area (Å²) in [5, 5.41) is 19.9. The normalized spacial score (nSPS) is 24.4. The zero-order valence-corrected chi connectivity index (χ0v) is 12.6. The topological polar surface area (TPSA) is 74.6 Å². The zero-order chi connectivity index (χ0) is 16.4. The van der Waals surface area contributed by atoms with Crippen molar-refractivity contribution in [3.63, 3.8) is 0 Å². The lowest BCUT2D eigenvalue weighted by molar-refractivity contribution is -0.167. The molecule has 0 aromatic heterocycles. The van der Waals surface area contributed by atoms with E-state index in [1.807, 2.05) is 54.6 Å². The molecular weight excluding hydrogens is 292 g/mol. The van der Waals surface area contributed by atoms with Crippen LogP contribution in [0.3, 0.4) is 0 Å². The molecule has 0 spiro atoms. The van der Waals surface area contributed by atoms with Crippen molar-refractivity contribution in [2.24, 2.45) is 0 Å². The number of carboxylic acid groups (broad SMARTS) is 1. The van der Waals surface area contributed by atoms with Crippen LogP contribution in [-0.4, -0.2) is 27.6 Å². The number of ketones is 1. The molecule has 2 N–H and O–H groups in total. The molecule has 2 aromatic carbocycles. The number of benzene rings is 2. The molecule has 0 radical (unpaired) electrons.